The van der Waals surface area contributed by atoms with Crippen LogP contribution in [0, 0.1) is 5.92 Å². The Morgan fingerprint density at radius 1 is 1.02 bits per heavy atom. The maximum atomic E-state index is 14.3. The van der Waals surface area contributed by atoms with E-state index < -0.39 is 23.6 Å². The van der Waals surface area contributed by atoms with Crippen LogP contribution >= 0.6 is 0 Å². The third-order valence-corrected chi connectivity index (χ3v) is 11.7. The van der Waals surface area contributed by atoms with Crippen molar-refractivity contribution < 1.29 is 28.6 Å². The van der Waals surface area contributed by atoms with Crippen LogP contribution in [0.4, 0.5) is 4.79 Å². The lowest BCUT2D eigenvalue weighted by Crippen LogP contribution is -2.55. The summed E-state index contributed by atoms with van der Waals surface area (Å²) in [6.07, 6.45) is 6.15. The maximum Gasteiger partial charge on any atom is 0.415 e. The summed E-state index contributed by atoms with van der Waals surface area (Å²) in [6.45, 7) is 17.3. The fourth-order valence-corrected chi connectivity index (χ4v) is 8.83. The van der Waals surface area contributed by atoms with Crippen LogP contribution in [0.15, 0.2) is 29.1 Å². The number of piperidine rings is 2. The average Bonchev–Trinajstić information content (AvgIpc) is 3.52. The fraction of sp³-hybridized carbons (Fsp3) is 0.595. The lowest BCUT2D eigenvalue weighted by atomic mass is 9.85. The van der Waals surface area contributed by atoms with Crippen LogP contribution < -0.4 is 15.6 Å². The molecular formula is C42H55N5O7. The van der Waals surface area contributed by atoms with Crippen molar-refractivity contribution in [1.82, 2.24) is 24.7 Å². The number of nitrogens with zero attached hydrogens (tertiary/aromatic N) is 4. The zero-order valence-corrected chi connectivity index (χ0v) is 32.9. The number of carbonyl (C=O) groups excluding carboxylic acids is 3. The molecule has 2 atom stereocenters. The summed E-state index contributed by atoms with van der Waals surface area (Å²) < 4.78 is 19.4. The molecule has 2 saturated heterocycles. The fourth-order valence-electron chi connectivity index (χ4n) is 8.83. The molecule has 2 fully saturated rings. The summed E-state index contributed by atoms with van der Waals surface area (Å²) >= 11 is 0. The highest BCUT2D eigenvalue weighted by atomic mass is 16.6. The highest BCUT2D eigenvalue weighted by molar-refractivity contribution is 5.91. The molecule has 1 amide bonds. The maximum absolute atomic E-state index is 14.3. The second kappa shape index (κ2) is 14.7. The first-order chi connectivity index (χ1) is 25.7. The van der Waals surface area contributed by atoms with Gasteiger partial charge in [0.1, 0.15) is 18.4 Å². The number of aryl methyl sites for hydroxylation is 1. The van der Waals surface area contributed by atoms with Gasteiger partial charge in [0, 0.05) is 41.2 Å². The van der Waals surface area contributed by atoms with Gasteiger partial charge in [0.05, 0.1) is 29.0 Å². The molecule has 3 aromatic rings. The molecule has 12 heteroatoms. The van der Waals surface area contributed by atoms with E-state index in [4.69, 9.17) is 19.2 Å². The molecule has 1 N–H and O–H groups in total. The van der Waals surface area contributed by atoms with Crippen molar-refractivity contribution >= 4 is 28.9 Å². The van der Waals surface area contributed by atoms with Crippen molar-refractivity contribution in [3.8, 4) is 17.1 Å². The van der Waals surface area contributed by atoms with Crippen molar-refractivity contribution in [3.05, 3.63) is 56.9 Å². The predicted molar refractivity (Wildman–Crippen MR) is 205 cm³/mol. The zero-order chi connectivity index (χ0) is 38.5. The van der Waals surface area contributed by atoms with Gasteiger partial charge in [0.2, 0.25) is 5.60 Å². The normalized spacial score (nSPS) is 21.0. The van der Waals surface area contributed by atoms with Gasteiger partial charge in [0.15, 0.2) is 0 Å². The lowest BCUT2D eigenvalue weighted by molar-refractivity contribution is -0.191. The number of rotatable bonds is 8. The number of cyclic esters (lactones) is 1. The Bertz CT molecular complexity index is 2020. The van der Waals surface area contributed by atoms with Gasteiger partial charge in [-0.2, -0.15) is 0 Å². The highest BCUT2D eigenvalue weighted by Gasteiger charge is 2.51. The third kappa shape index (κ3) is 6.91. The van der Waals surface area contributed by atoms with E-state index in [0.29, 0.717) is 59.3 Å². The number of ether oxygens (including phenoxy) is 3. The molecule has 0 saturated carbocycles. The van der Waals surface area contributed by atoms with E-state index in [1.165, 1.54) is 19.3 Å². The Hall–Kier alpha value is -4.29. The Balaban J connectivity index is 1.18. The summed E-state index contributed by atoms with van der Waals surface area (Å²) in [4.78, 5) is 64.5. The molecule has 1 aromatic carbocycles. The number of carbonyl (C=O) groups is 3. The van der Waals surface area contributed by atoms with E-state index in [2.05, 4.69) is 17.1 Å². The Morgan fingerprint density at radius 3 is 2.39 bits per heavy atom. The first-order valence-corrected chi connectivity index (χ1v) is 19.9. The molecule has 4 aliphatic rings. The number of esters is 2. The predicted octanol–water partition coefficient (Wildman–Crippen LogP) is 6.05. The van der Waals surface area contributed by atoms with Crippen molar-refractivity contribution in [2.24, 2.45) is 5.92 Å². The summed E-state index contributed by atoms with van der Waals surface area (Å²) in [5.74, 6) is -0.946. The topological polar surface area (TPSA) is 132 Å². The van der Waals surface area contributed by atoms with Crippen LogP contribution in [-0.2, 0) is 44.2 Å². The van der Waals surface area contributed by atoms with E-state index in [0.717, 1.165) is 42.4 Å². The van der Waals surface area contributed by atoms with Crippen LogP contribution in [-0.4, -0.2) is 81.2 Å². The molecule has 7 rings (SSSR count). The number of hydrogen-bond acceptors (Lipinski definition) is 10. The molecule has 12 nitrogen and oxygen atoms in total. The first kappa shape index (κ1) is 38.0. The van der Waals surface area contributed by atoms with Crippen molar-refractivity contribution in [3.63, 3.8) is 0 Å². The van der Waals surface area contributed by atoms with Crippen LogP contribution in [0.25, 0.3) is 22.3 Å². The van der Waals surface area contributed by atoms with Gasteiger partial charge >= 0.3 is 18.0 Å². The largest absolute Gasteiger partial charge is 0.457 e. The number of aromatic nitrogens is 2. The SMILES string of the molecule is CCc1c2c(nc3ccc(OC(=O)N4CCC(N5CCCCC5)CC4)cc13)-c1cc3c(c(=O)n1C2)COC(=O)[C@@]3(CC)OC(=O)C(NC(C)(C)C)C(C)C. The Labute approximate surface area is 317 Å². The molecule has 0 aliphatic carbocycles. The quantitative estimate of drug-likeness (QED) is 0.213. The van der Waals surface area contributed by atoms with Crippen molar-refractivity contribution in [1.29, 1.82) is 0 Å². The minimum Gasteiger partial charge on any atom is -0.457 e. The van der Waals surface area contributed by atoms with E-state index in [9.17, 15) is 19.2 Å². The second-order valence-corrected chi connectivity index (χ2v) is 16.7. The van der Waals surface area contributed by atoms with Gasteiger partial charge in [-0.05, 0) is 108 Å². The number of hydrogen-bond donors (Lipinski definition) is 1. The lowest BCUT2D eigenvalue weighted by Gasteiger charge is -2.39. The first-order valence-electron chi connectivity index (χ1n) is 19.9. The standard InChI is InChI=1S/C42H55N5O7/c1-8-28-29-21-27(53-40(51)46-19-15-26(16-20-46)45-17-11-10-12-18-45)13-14-33(29)43-36-30(28)23-47-34(36)22-32-31(37(47)48)24-52-39(50)42(32,9-2)54-38(49)35(25(3)4)44-41(5,6)7/h13-14,21-22,25-26,35,44H,8-12,15-20,23-24H2,1-7H3/t35?,42-/m0/s1. The molecule has 0 radical (unpaired) electrons. The molecule has 290 valence electrons. The average molecular weight is 742 g/mol. The minimum atomic E-state index is -1.79. The third-order valence-electron chi connectivity index (χ3n) is 11.7. The molecule has 0 bridgehead atoms. The highest BCUT2D eigenvalue weighted by Crippen LogP contribution is 2.43. The molecule has 4 aliphatic heterocycles. The van der Waals surface area contributed by atoms with Gasteiger partial charge in [-0.1, -0.05) is 34.1 Å². The molecular weight excluding hydrogens is 686 g/mol. The number of fused-ring (bicyclic) bond motifs is 5. The number of nitrogens with one attached hydrogen (secondary N) is 1. The van der Waals surface area contributed by atoms with Gasteiger partial charge in [-0.25, -0.2) is 14.6 Å². The van der Waals surface area contributed by atoms with E-state index >= 15 is 0 Å². The van der Waals surface area contributed by atoms with Crippen LogP contribution in [0.5, 0.6) is 5.75 Å². The monoisotopic (exact) mass is 741 g/mol. The van der Waals surface area contributed by atoms with Crippen LogP contribution in [0.2, 0.25) is 0 Å². The minimum absolute atomic E-state index is 0.0873. The molecule has 54 heavy (non-hydrogen) atoms. The number of amides is 1. The summed E-state index contributed by atoms with van der Waals surface area (Å²) in [5, 5.41) is 4.19. The van der Waals surface area contributed by atoms with Gasteiger partial charge in [0.25, 0.3) is 5.56 Å². The summed E-state index contributed by atoms with van der Waals surface area (Å²) in [6, 6.07) is 7.13. The van der Waals surface area contributed by atoms with Crippen LogP contribution in [0.1, 0.15) is 109 Å². The summed E-state index contributed by atoms with van der Waals surface area (Å²) in [5.41, 5.74) is 1.96. The van der Waals surface area contributed by atoms with E-state index in [1.807, 2.05) is 51.7 Å². The molecule has 1 unspecified atom stereocenters. The number of benzene rings is 1. The summed E-state index contributed by atoms with van der Waals surface area (Å²) in [7, 11) is 0. The van der Waals surface area contributed by atoms with Gasteiger partial charge in [-0.15, -0.1) is 0 Å². The van der Waals surface area contributed by atoms with Gasteiger partial charge in [-0.3, -0.25) is 14.9 Å². The number of likely N-dealkylation sites (tertiary alicyclic amines) is 2. The van der Waals surface area contributed by atoms with E-state index in [1.54, 1.807) is 23.6 Å². The van der Waals surface area contributed by atoms with Crippen molar-refractivity contribution in [2.75, 3.05) is 26.2 Å². The van der Waals surface area contributed by atoms with Crippen molar-refractivity contribution in [2.45, 2.75) is 130 Å². The number of pyridine rings is 2. The van der Waals surface area contributed by atoms with Gasteiger partial charge < -0.3 is 28.6 Å². The Kier molecular flexibility index (Phi) is 10.4. The van der Waals surface area contributed by atoms with Crippen LogP contribution in [0.3, 0.4) is 0 Å². The molecule has 6 heterocycles. The Morgan fingerprint density at radius 2 is 1.74 bits per heavy atom. The zero-order valence-electron chi connectivity index (χ0n) is 32.9. The molecule has 0 spiro atoms. The molecule has 2 aromatic heterocycles. The smallest absolute Gasteiger partial charge is 0.415 e. The second-order valence-electron chi connectivity index (χ2n) is 16.7. The van der Waals surface area contributed by atoms with E-state index in [-0.39, 0.29) is 42.7 Å².